The number of nitrogens with zero attached hydrogens (tertiary/aromatic N) is 5. The van der Waals surface area contributed by atoms with Crippen LogP contribution in [0.2, 0.25) is 0 Å². The van der Waals surface area contributed by atoms with Crippen molar-refractivity contribution >= 4 is 22.7 Å². The summed E-state index contributed by atoms with van der Waals surface area (Å²) < 4.78 is 13.6. The lowest BCUT2D eigenvalue weighted by Crippen LogP contribution is -2.21. The first-order valence-corrected chi connectivity index (χ1v) is 13.1. The molecule has 0 unspecified atom stereocenters. The van der Waals surface area contributed by atoms with Crippen LogP contribution in [0.4, 0.5) is 10.5 Å². The van der Waals surface area contributed by atoms with Crippen LogP contribution in [0.3, 0.4) is 0 Å². The average Bonchev–Trinajstić information content (AvgIpc) is 3.72. The van der Waals surface area contributed by atoms with Crippen LogP contribution in [0.25, 0.3) is 22.2 Å². The van der Waals surface area contributed by atoms with E-state index >= 15 is 0 Å². The van der Waals surface area contributed by atoms with Gasteiger partial charge in [-0.2, -0.15) is 10.5 Å². The second kappa shape index (κ2) is 10.1. The number of aromatic nitrogens is 3. The number of nitriles is 2. The lowest BCUT2D eigenvalue weighted by Gasteiger charge is -2.30. The molecular weight excluding hydrogens is 492 g/mol. The molecule has 6 rings (SSSR count). The number of hydrogen-bond donors (Lipinski definition) is 1. The Balaban J connectivity index is 1.34. The van der Waals surface area contributed by atoms with E-state index in [1.54, 1.807) is 0 Å². The molecule has 1 amide bonds. The third kappa shape index (κ3) is 4.75. The summed E-state index contributed by atoms with van der Waals surface area (Å²) in [4.78, 5) is 20.4. The molecule has 2 aliphatic carbocycles. The molecule has 1 N–H and O–H groups in total. The number of anilines is 1. The highest BCUT2D eigenvalue weighted by Gasteiger charge is 2.31. The van der Waals surface area contributed by atoms with E-state index in [0.29, 0.717) is 29.0 Å². The van der Waals surface area contributed by atoms with E-state index in [-0.39, 0.29) is 17.7 Å². The molecule has 194 valence electrons. The molecule has 9 heteroatoms. The van der Waals surface area contributed by atoms with Crippen molar-refractivity contribution < 1.29 is 14.3 Å². The molecule has 1 atom stereocenters. The Labute approximate surface area is 225 Å². The summed E-state index contributed by atoms with van der Waals surface area (Å²) in [5, 5.41) is 23.2. The van der Waals surface area contributed by atoms with Gasteiger partial charge in [-0.25, -0.2) is 14.8 Å². The average molecular weight is 519 g/mol. The fourth-order valence-electron chi connectivity index (χ4n) is 5.06. The number of hydrogen-bond acceptors (Lipinski definition) is 7. The van der Waals surface area contributed by atoms with Gasteiger partial charge in [0.1, 0.15) is 24.0 Å². The summed E-state index contributed by atoms with van der Waals surface area (Å²) >= 11 is 0. The lowest BCUT2D eigenvalue weighted by molar-refractivity contribution is 0.108. The Hall–Kier alpha value is -4.89. The van der Waals surface area contributed by atoms with Crippen molar-refractivity contribution in [2.75, 3.05) is 5.32 Å². The zero-order valence-electron chi connectivity index (χ0n) is 21.4. The van der Waals surface area contributed by atoms with Crippen molar-refractivity contribution in [1.29, 1.82) is 10.5 Å². The second-order valence-electron chi connectivity index (χ2n) is 10.0. The van der Waals surface area contributed by atoms with Gasteiger partial charge in [0.25, 0.3) is 5.88 Å². The number of fused-ring (bicyclic) bond motifs is 1. The number of carbonyl (C=O) groups excluding carboxylic acids is 1. The maximum Gasteiger partial charge on any atom is 0.411 e. The Morgan fingerprint density at radius 2 is 1.82 bits per heavy atom. The zero-order valence-corrected chi connectivity index (χ0v) is 21.4. The minimum absolute atomic E-state index is 0.0880. The van der Waals surface area contributed by atoms with E-state index in [2.05, 4.69) is 25.9 Å². The molecule has 2 heterocycles. The maximum atomic E-state index is 12.3. The van der Waals surface area contributed by atoms with E-state index in [9.17, 15) is 15.3 Å². The molecule has 0 bridgehead atoms. The molecule has 2 aromatic carbocycles. The van der Waals surface area contributed by atoms with Crippen LogP contribution in [-0.4, -0.2) is 26.7 Å². The van der Waals surface area contributed by atoms with Crippen LogP contribution in [0.1, 0.15) is 56.3 Å². The normalized spacial score (nSPS) is 15.6. The number of ether oxygens (including phenoxy) is 2. The van der Waals surface area contributed by atoms with E-state index in [1.165, 1.54) is 12.4 Å². The highest BCUT2D eigenvalue weighted by molar-refractivity contribution is 5.96. The van der Waals surface area contributed by atoms with Crippen LogP contribution < -0.4 is 10.1 Å². The van der Waals surface area contributed by atoms with Crippen molar-refractivity contribution in [3.63, 3.8) is 0 Å². The smallest absolute Gasteiger partial charge is 0.411 e. The van der Waals surface area contributed by atoms with Crippen molar-refractivity contribution in [2.24, 2.45) is 5.92 Å². The standard InChI is InChI=1S/C30H26N6O3/c1-18(19-5-6-19)38-30(37)35-21-9-7-20(8-10-21)28-25(16-31)24-15-23(39-29-26(17-32)33-13-14-34-29)11-12-27(24)36(28)22-3-2-4-22/h7-15,18-19,22H,2-6H2,1H3,(H,35,37)/t18-/m1/s1. The van der Waals surface area contributed by atoms with Gasteiger partial charge in [0.15, 0.2) is 0 Å². The molecule has 2 saturated carbocycles. The molecule has 2 aliphatic rings. The van der Waals surface area contributed by atoms with Crippen molar-refractivity contribution in [2.45, 2.75) is 51.2 Å². The third-order valence-corrected chi connectivity index (χ3v) is 7.49. The first-order valence-electron chi connectivity index (χ1n) is 13.1. The predicted octanol–water partition coefficient (Wildman–Crippen LogP) is 6.71. The quantitative estimate of drug-likeness (QED) is 0.288. The van der Waals surface area contributed by atoms with Crippen LogP contribution >= 0.6 is 0 Å². The van der Waals surface area contributed by atoms with Crippen LogP contribution in [-0.2, 0) is 4.74 Å². The van der Waals surface area contributed by atoms with Gasteiger partial charge in [-0.3, -0.25) is 5.32 Å². The zero-order chi connectivity index (χ0) is 26.9. The molecule has 0 spiro atoms. The summed E-state index contributed by atoms with van der Waals surface area (Å²) in [5.41, 5.74) is 3.92. The van der Waals surface area contributed by atoms with E-state index < -0.39 is 6.09 Å². The Morgan fingerprint density at radius 1 is 1.05 bits per heavy atom. The number of nitrogens with one attached hydrogen (secondary N) is 1. The van der Waals surface area contributed by atoms with E-state index in [1.807, 2.05) is 55.5 Å². The molecule has 4 aromatic rings. The first kappa shape index (κ1) is 24.4. The minimum atomic E-state index is -0.460. The number of rotatable bonds is 7. The van der Waals surface area contributed by atoms with Gasteiger partial charge in [-0.05, 0) is 80.8 Å². The number of benzene rings is 2. The molecule has 0 saturated heterocycles. The van der Waals surface area contributed by atoms with Gasteiger partial charge in [0.2, 0.25) is 5.69 Å². The van der Waals surface area contributed by atoms with Gasteiger partial charge < -0.3 is 14.0 Å². The SMILES string of the molecule is C[C@@H](OC(=O)Nc1ccc(-c2c(C#N)c3cc(Oc4nccnc4C#N)ccc3n2C2CCC2)cc1)C1CC1. The number of amides is 1. The first-order chi connectivity index (χ1) is 19.1. The van der Waals surface area contributed by atoms with E-state index in [0.717, 1.165) is 54.3 Å². The molecule has 0 aliphatic heterocycles. The van der Waals surface area contributed by atoms with Crippen molar-refractivity contribution in [3.05, 3.63) is 66.1 Å². The molecule has 9 nitrogen and oxygen atoms in total. The molecule has 2 fully saturated rings. The lowest BCUT2D eigenvalue weighted by atomic mass is 9.92. The molecule has 39 heavy (non-hydrogen) atoms. The topological polar surface area (TPSA) is 126 Å². The molecule has 2 aromatic heterocycles. The monoisotopic (exact) mass is 518 g/mol. The van der Waals surface area contributed by atoms with Gasteiger partial charge in [-0.1, -0.05) is 12.1 Å². The van der Waals surface area contributed by atoms with Crippen LogP contribution in [0, 0.1) is 28.6 Å². The van der Waals surface area contributed by atoms with Gasteiger partial charge in [-0.15, -0.1) is 0 Å². The largest absolute Gasteiger partial charge is 0.446 e. The second-order valence-corrected chi connectivity index (χ2v) is 10.0. The van der Waals surface area contributed by atoms with Gasteiger partial charge >= 0.3 is 6.09 Å². The van der Waals surface area contributed by atoms with Crippen molar-refractivity contribution in [3.8, 4) is 35.0 Å². The Morgan fingerprint density at radius 3 is 2.49 bits per heavy atom. The minimum Gasteiger partial charge on any atom is -0.446 e. The Kier molecular flexibility index (Phi) is 6.34. The van der Waals surface area contributed by atoms with Crippen molar-refractivity contribution in [1.82, 2.24) is 14.5 Å². The highest BCUT2D eigenvalue weighted by atomic mass is 16.6. The maximum absolute atomic E-state index is 12.3. The third-order valence-electron chi connectivity index (χ3n) is 7.49. The fourth-order valence-corrected chi connectivity index (χ4v) is 5.06. The number of carbonyl (C=O) groups is 1. The summed E-state index contributed by atoms with van der Waals surface area (Å²) in [6, 6.07) is 17.8. The van der Waals surface area contributed by atoms with E-state index in [4.69, 9.17) is 9.47 Å². The van der Waals surface area contributed by atoms with Crippen LogP contribution in [0.5, 0.6) is 11.6 Å². The highest BCUT2D eigenvalue weighted by Crippen LogP contribution is 2.43. The van der Waals surface area contributed by atoms with Gasteiger partial charge in [0.05, 0.1) is 16.8 Å². The molecule has 0 radical (unpaired) electrons. The summed E-state index contributed by atoms with van der Waals surface area (Å²) in [5.74, 6) is 1.05. The Bertz CT molecular complexity index is 1640. The fraction of sp³-hybridized carbons (Fsp3) is 0.300. The summed E-state index contributed by atoms with van der Waals surface area (Å²) in [6.07, 6.45) is 7.78. The summed E-state index contributed by atoms with van der Waals surface area (Å²) in [7, 11) is 0. The summed E-state index contributed by atoms with van der Waals surface area (Å²) in [6.45, 7) is 1.93. The predicted molar refractivity (Wildman–Crippen MR) is 144 cm³/mol. The van der Waals surface area contributed by atoms with Gasteiger partial charge in [0, 0.05) is 29.5 Å². The van der Waals surface area contributed by atoms with Crippen LogP contribution in [0.15, 0.2) is 54.9 Å². The molecular formula is C30H26N6O3.